The van der Waals surface area contributed by atoms with E-state index in [-0.39, 0.29) is 5.92 Å². The van der Waals surface area contributed by atoms with Crippen LogP contribution >= 0.6 is 15.9 Å². The quantitative estimate of drug-likeness (QED) is 0.751. The number of hydrogen-bond acceptors (Lipinski definition) is 1. The second kappa shape index (κ2) is 3.99. The molecule has 0 heterocycles. The number of hydrogen-bond donors (Lipinski definition) is 0. The zero-order valence-electron chi connectivity index (χ0n) is 10.2. The van der Waals surface area contributed by atoms with E-state index >= 15 is 0 Å². The van der Waals surface area contributed by atoms with Gasteiger partial charge in [-0.3, -0.25) is 4.79 Å². The highest BCUT2D eigenvalue weighted by Crippen LogP contribution is 2.38. The first kappa shape index (κ1) is 11.8. The van der Waals surface area contributed by atoms with Crippen LogP contribution in [-0.4, -0.2) is 5.78 Å². The molecule has 2 rings (SSSR count). The van der Waals surface area contributed by atoms with Crippen molar-refractivity contribution < 1.29 is 4.79 Å². The van der Waals surface area contributed by atoms with Crippen LogP contribution in [0.2, 0.25) is 0 Å². The fourth-order valence-electron chi connectivity index (χ4n) is 2.51. The zero-order valence-corrected chi connectivity index (χ0v) is 11.8. The van der Waals surface area contributed by atoms with Gasteiger partial charge >= 0.3 is 0 Å². The Morgan fingerprint density at radius 2 is 2.06 bits per heavy atom. The van der Waals surface area contributed by atoms with Gasteiger partial charge in [-0.15, -0.1) is 0 Å². The number of carbonyl (C=O) groups is 1. The number of fused-ring (bicyclic) bond motifs is 1. The van der Waals surface area contributed by atoms with E-state index in [4.69, 9.17) is 0 Å². The Labute approximate surface area is 105 Å². The molecule has 1 aromatic rings. The lowest BCUT2D eigenvalue weighted by Gasteiger charge is -2.14. The molecule has 0 amide bonds. The van der Waals surface area contributed by atoms with Crippen LogP contribution in [-0.2, 0) is 6.42 Å². The van der Waals surface area contributed by atoms with E-state index in [9.17, 15) is 4.79 Å². The molecule has 0 spiro atoms. The average Bonchev–Trinajstić information content (AvgIpc) is 2.50. The van der Waals surface area contributed by atoms with Crippen LogP contribution in [0.25, 0.3) is 0 Å². The van der Waals surface area contributed by atoms with Crippen LogP contribution in [0.4, 0.5) is 0 Å². The number of Topliss-reactive ketones (excluding diaryl/α,β-unsaturated/α-hetero) is 1. The molecule has 0 N–H and O–H groups in total. The van der Waals surface area contributed by atoms with Crippen LogP contribution < -0.4 is 0 Å². The van der Waals surface area contributed by atoms with Crippen molar-refractivity contribution in [1.29, 1.82) is 0 Å². The highest BCUT2D eigenvalue weighted by atomic mass is 79.9. The van der Waals surface area contributed by atoms with E-state index in [1.54, 1.807) is 0 Å². The molecule has 1 aromatic carbocycles. The maximum atomic E-state index is 12.0. The molecule has 0 radical (unpaired) electrons. The number of ketones is 1. The first-order chi connectivity index (χ1) is 7.43. The Hall–Kier alpha value is -0.630. The monoisotopic (exact) mass is 280 g/mol. The fourth-order valence-corrected chi connectivity index (χ4v) is 3.11. The molecule has 0 saturated heterocycles. The van der Waals surface area contributed by atoms with Crippen molar-refractivity contribution in [3.8, 4) is 0 Å². The van der Waals surface area contributed by atoms with E-state index in [1.165, 1.54) is 16.7 Å². The van der Waals surface area contributed by atoms with Gasteiger partial charge in [-0.2, -0.15) is 0 Å². The summed E-state index contributed by atoms with van der Waals surface area (Å²) in [5.41, 5.74) is 4.72. The molecular formula is C14H17BrO. The first-order valence-electron chi connectivity index (χ1n) is 5.79. The van der Waals surface area contributed by atoms with Crippen LogP contribution in [0, 0.1) is 12.8 Å². The molecule has 1 aliphatic rings. The molecule has 1 unspecified atom stereocenters. The SMILES string of the molecule is Cc1c(C(C)C)cc2c(c1Br)CC(C)C2=O. The minimum atomic E-state index is 0.146. The Bertz CT molecular complexity index is 460. The summed E-state index contributed by atoms with van der Waals surface area (Å²) in [5, 5.41) is 0. The second-order valence-electron chi connectivity index (χ2n) is 5.06. The van der Waals surface area contributed by atoms with Crippen molar-refractivity contribution in [2.45, 2.75) is 40.0 Å². The number of benzene rings is 1. The summed E-state index contributed by atoms with van der Waals surface area (Å²) in [6.07, 6.45) is 0.883. The highest BCUT2D eigenvalue weighted by molar-refractivity contribution is 9.10. The van der Waals surface area contributed by atoms with Crippen LogP contribution in [0.15, 0.2) is 10.5 Å². The van der Waals surface area contributed by atoms with Crippen molar-refractivity contribution >= 4 is 21.7 Å². The van der Waals surface area contributed by atoms with Gasteiger partial charge in [0, 0.05) is 16.0 Å². The highest BCUT2D eigenvalue weighted by Gasteiger charge is 2.30. The van der Waals surface area contributed by atoms with Crippen LogP contribution in [0.5, 0.6) is 0 Å². The predicted molar refractivity (Wildman–Crippen MR) is 70.2 cm³/mol. The molecule has 1 aliphatic carbocycles. The minimum Gasteiger partial charge on any atom is -0.294 e. The molecule has 86 valence electrons. The molecule has 0 bridgehead atoms. The lowest BCUT2D eigenvalue weighted by atomic mass is 9.93. The third-order valence-electron chi connectivity index (χ3n) is 3.50. The molecule has 1 atom stereocenters. The van der Waals surface area contributed by atoms with Crippen LogP contribution in [0.1, 0.15) is 53.7 Å². The largest absolute Gasteiger partial charge is 0.294 e. The van der Waals surface area contributed by atoms with Gasteiger partial charge < -0.3 is 0 Å². The Kier molecular flexibility index (Phi) is 2.95. The molecule has 0 fully saturated rings. The molecule has 16 heavy (non-hydrogen) atoms. The van der Waals surface area contributed by atoms with Gasteiger partial charge in [0.25, 0.3) is 0 Å². The molecule has 0 saturated carbocycles. The first-order valence-corrected chi connectivity index (χ1v) is 6.58. The maximum absolute atomic E-state index is 12.0. The van der Waals surface area contributed by atoms with Crippen LogP contribution in [0.3, 0.4) is 0 Å². The molecular weight excluding hydrogens is 264 g/mol. The third kappa shape index (κ3) is 1.64. The van der Waals surface area contributed by atoms with Gasteiger partial charge in [-0.1, -0.05) is 36.7 Å². The third-order valence-corrected chi connectivity index (χ3v) is 4.57. The van der Waals surface area contributed by atoms with Crippen molar-refractivity contribution in [1.82, 2.24) is 0 Å². The molecule has 1 nitrogen and oxygen atoms in total. The Morgan fingerprint density at radius 1 is 1.44 bits per heavy atom. The van der Waals surface area contributed by atoms with Gasteiger partial charge in [0.2, 0.25) is 0 Å². The molecule has 0 aromatic heterocycles. The summed E-state index contributed by atoms with van der Waals surface area (Å²) < 4.78 is 1.14. The summed E-state index contributed by atoms with van der Waals surface area (Å²) in [6.45, 7) is 8.49. The summed E-state index contributed by atoms with van der Waals surface area (Å²) in [4.78, 5) is 12.0. The van der Waals surface area contributed by atoms with E-state index < -0.39 is 0 Å². The topological polar surface area (TPSA) is 17.1 Å². The predicted octanol–water partition coefficient (Wildman–Crippen LogP) is 4.26. The summed E-state index contributed by atoms with van der Waals surface area (Å²) in [6, 6.07) is 2.10. The standard InChI is InChI=1S/C14H17BrO/c1-7(2)10-6-12-11(13(15)9(10)4)5-8(3)14(12)16/h6-8H,5H2,1-4H3. The van der Waals surface area contributed by atoms with E-state index in [2.05, 4.69) is 42.8 Å². The Morgan fingerprint density at radius 3 is 2.62 bits per heavy atom. The summed E-state index contributed by atoms with van der Waals surface area (Å²) >= 11 is 3.65. The smallest absolute Gasteiger partial charge is 0.166 e. The summed E-state index contributed by atoms with van der Waals surface area (Å²) in [7, 11) is 0. The van der Waals surface area contributed by atoms with E-state index in [0.717, 1.165) is 16.5 Å². The van der Waals surface area contributed by atoms with Gasteiger partial charge in [0.15, 0.2) is 5.78 Å². The lowest BCUT2D eigenvalue weighted by molar-refractivity contribution is 0.0946. The maximum Gasteiger partial charge on any atom is 0.166 e. The Balaban J connectivity index is 2.67. The number of halogens is 1. The van der Waals surface area contributed by atoms with E-state index in [0.29, 0.717) is 11.7 Å². The van der Waals surface area contributed by atoms with Gasteiger partial charge in [-0.05, 0) is 42.0 Å². The lowest BCUT2D eigenvalue weighted by Crippen LogP contribution is -2.04. The van der Waals surface area contributed by atoms with Crippen molar-refractivity contribution in [3.63, 3.8) is 0 Å². The van der Waals surface area contributed by atoms with Gasteiger partial charge in [0.1, 0.15) is 0 Å². The second-order valence-corrected chi connectivity index (χ2v) is 5.85. The normalized spacial score (nSPS) is 19.4. The van der Waals surface area contributed by atoms with Crippen molar-refractivity contribution in [2.75, 3.05) is 0 Å². The van der Waals surface area contributed by atoms with Gasteiger partial charge in [0.05, 0.1) is 0 Å². The average molecular weight is 281 g/mol. The number of rotatable bonds is 1. The number of carbonyl (C=O) groups excluding carboxylic acids is 1. The fraction of sp³-hybridized carbons (Fsp3) is 0.500. The van der Waals surface area contributed by atoms with E-state index in [1.807, 2.05) is 6.92 Å². The van der Waals surface area contributed by atoms with Gasteiger partial charge in [-0.25, -0.2) is 0 Å². The minimum absolute atomic E-state index is 0.146. The molecule has 2 heteroatoms. The summed E-state index contributed by atoms with van der Waals surface area (Å²) in [5.74, 6) is 0.913. The van der Waals surface area contributed by atoms with Crippen molar-refractivity contribution in [3.05, 3.63) is 32.8 Å². The zero-order chi connectivity index (χ0) is 12.0. The molecule has 0 aliphatic heterocycles. The van der Waals surface area contributed by atoms with Crippen molar-refractivity contribution in [2.24, 2.45) is 5.92 Å².